The van der Waals surface area contributed by atoms with E-state index in [1.165, 1.54) is 0 Å². The van der Waals surface area contributed by atoms with E-state index < -0.39 is 9.84 Å². The summed E-state index contributed by atoms with van der Waals surface area (Å²) in [7, 11) is -3.08. The van der Waals surface area contributed by atoms with Crippen molar-refractivity contribution in [2.24, 2.45) is 0 Å². The van der Waals surface area contributed by atoms with Crippen LogP contribution in [0.2, 0.25) is 5.02 Å². The Bertz CT molecular complexity index is 471. The van der Waals surface area contributed by atoms with Gasteiger partial charge in [0.05, 0.1) is 11.5 Å². The molecule has 17 heavy (non-hydrogen) atoms. The van der Waals surface area contributed by atoms with Crippen LogP contribution in [0.3, 0.4) is 0 Å². The standard InChI is InChI=1S/C12H18ClNO2S/c1-2-3-4-7-17(15,16)9-10-8-11(13)5-6-12(10)14/h5-6,8H,2-4,7,9,14H2,1H3. The minimum absolute atomic E-state index is 0.0247. The van der Waals surface area contributed by atoms with E-state index in [9.17, 15) is 8.42 Å². The third kappa shape index (κ3) is 4.96. The number of sulfone groups is 1. The van der Waals surface area contributed by atoms with Crippen LogP contribution in [-0.2, 0) is 15.6 Å². The molecule has 0 unspecified atom stereocenters. The van der Waals surface area contributed by atoms with Gasteiger partial charge in [-0.3, -0.25) is 0 Å². The predicted molar refractivity (Wildman–Crippen MR) is 72.9 cm³/mol. The first-order valence-corrected chi connectivity index (χ1v) is 7.89. The fourth-order valence-electron chi connectivity index (χ4n) is 1.58. The SMILES string of the molecule is CCCCCS(=O)(=O)Cc1cc(Cl)ccc1N. The number of nitrogen functional groups attached to an aromatic ring is 1. The summed E-state index contributed by atoms with van der Waals surface area (Å²) in [4.78, 5) is 0. The van der Waals surface area contributed by atoms with E-state index in [4.69, 9.17) is 17.3 Å². The molecule has 1 aromatic rings. The van der Waals surface area contributed by atoms with Crippen molar-refractivity contribution in [3.05, 3.63) is 28.8 Å². The maximum absolute atomic E-state index is 11.8. The molecule has 5 heteroatoms. The largest absolute Gasteiger partial charge is 0.398 e. The van der Waals surface area contributed by atoms with Crippen LogP contribution >= 0.6 is 11.6 Å². The normalized spacial score (nSPS) is 11.6. The van der Waals surface area contributed by atoms with Gasteiger partial charge in [0.1, 0.15) is 0 Å². The van der Waals surface area contributed by atoms with Crippen LogP contribution in [0.5, 0.6) is 0 Å². The zero-order valence-corrected chi connectivity index (χ0v) is 11.5. The minimum Gasteiger partial charge on any atom is -0.398 e. The second-order valence-electron chi connectivity index (χ2n) is 4.14. The van der Waals surface area contributed by atoms with E-state index in [2.05, 4.69) is 0 Å². The Morgan fingerprint density at radius 1 is 1.29 bits per heavy atom. The summed E-state index contributed by atoms with van der Waals surface area (Å²) in [6.07, 6.45) is 2.65. The van der Waals surface area contributed by atoms with Crippen LogP contribution in [0.4, 0.5) is 5.69 Å². The zero-order chi connectivity index (χ0) is 12.9. The van der Waals surface area contributed by atoms with E-state index in [1.807, 2.05) is 6.92 Å². The van der Waals surface area contributed by atoms with Gasteiger partial charge in [0.15, 0.2) is 9.84 Å². The van der Waals surface area contributed by atoms with Gasteiger partial charge in [-0.25, -0.2) is 8.42 Å². The summed E-state index contributed by atoms with van der Waals surface area (Å²) in [5, 5.41) is 0.512. The molecule has 0 saturated carbocycles. The molecular weight excluding hydrogens is 258 g/mol. The molecule has 0 saturated heterocycles. The molecule has 0 fully saturated rings. The molecule has 0 aliphatic carbocycles. The smallest absolute Gasteiger partial charge is 0.154 e. The highest BCUT2D eigenvalue weighted by Gasteiger charge is 2.13. The first-order valence-electron chi connectivity index (χ1n) is 5.69. The lowest BCUT2D eigenvalue weighted by atomic mass is 10.2. The molecule has 2 N–H and O–H groups in total. The van der Waals surface area contributed by atoms with Crippen LogP contribution in [-0.4, -0.2) is 14.2 Å². The summed E-state index contributed by atoms with van der Waals surface area (Å²) in [6, 6.07) is 4.91. The summed E-state index contributed by atoms with van der Waals surface area (Å²) in [6.45, 7) is 2.04. The van der Waals surface area contributed by atoms with Crippen LogP contribution in [0, 0.1) is 0 Å². The third-order valence-corrected chi connectivity index (χ3v) is 4.44. The maximum Gasteiger partial charge on any atom is 0.154 e. The average molecular weight is 276 g/mol. The molecule has 1 aromatic carbocycles. The van der Waals surface area contributed by atoms with E-state index in [0.717, 1.165) is 12.8 Å². The topological polar surface area (TPSA) is 60.2 Å². The number of halogens is 1. The molecule has 0 aliphatic rings. The highest BCUT2D eigenvalue weighted by Crippen LogP contribution is 2.20. The van der Waals surface area contributed by atoms with Crippen molar-refractivity contribution in [3.8, 4) is 0 Å². The van der Waals surface area contributed by atoms with E-state index >= 15 is 0 Å². The van der Waals surface area contributed by atoms with Gasteiger partial charge < -0.3 is 5.73 Å². The van der Waals surface area contributed by atoms with E-state index in [1.54, 1.807) is 18.2 Å². The molecule has 1 rings (SSSR count). The molecule has 3 nitrogen and oxygen atoms in total. The molecule has 0 atom stereocenters. The first-order chi connectivity index (χ1) is 7.94. The Balaban J connectivity index is 2.72. The lowest BCUT2D eigenvalue weighted by molar-refractivity contribution is 0.590. The molecule has 0 bridgehead atoms. The van der Waals surface area contributed by atoms with Crippen LogP contribution in [0.25, 0.3) is 0 Å². The molecule has 0 radical (unpaired) electrons. The van der Waals surface area contributed by atoms with Crippen LogP contribution in [0.1, 0.15) is 31.7 Å². The second kappa shape index (κ2) is 6.26. The molecule has 0 amide bonds. The third-order valence-electron chi connectivity index (χ3n) is 2.54. The van der Waals surface area contributed by atoms with Crippen molar-refractivity contribution in [1.29, 1.82) is 0 Å². The summed E-state index contributed by atoms with van der Waals surface area (Å²) in [5.41, 5.74) is 6.80. The van der Waals surface area contributed by atoms with Gasteiger partial charge in [-0.15, -0.1) is 0 Å². The number of hydrogen-bond donors (Lipinski definition) is 1. The molecule has 0 spiro atoms. The van der Waals surface area contributed by atoms with Gasteiger partial charge in [-0.2, -0.15) is 0 Å². The fourth-order valence-corrected chi connectivity index (χ4v) is 3.29. The highest BCUT2D eigenvalue weighted by atomic mass is 35.5. The molecule has 0 aromatic heterocycles. The van der Waals surface area contributed by atoms with Crippen molar-refractivity contribution in [2.75, 3.05) is 11.5 Å². The lowest BCUT2D eigenvalue weighted by Gasteiger charge is -2.07. The number of benzene rings is 1. The summed E-state index contributed by atoms with van der Waals surface area (Å²) in [5.74, 6) is 0.190. The Hall–Kier alpha value is -0.740. The molecular formula is C12H18ClNO2S. The van der Waals surface area contributed by atoms with Crippen LogP contribution in [0.15, 0.2) is 18.2 Å². The quantitative estimate of drug-likeness (QED) is 0.641. The van der Waals surface area contributed by atoms with Crippen molar-refractivity contribution in [3.63, 3.8) is 0 Å². The zero-order valence-electron chi connectivity index (χ0n) is 9.95. The summed E-state index contributed by atoms with van der Waals surface area (Å²) >= 11 is 5.82. The Morgan fingerprint density at radius 2 is 2.00 bits per heavy atom. The van der Waals surface area contributed by atoms with Crippen molar-refractivity contribution < 1.29 is 8.42 Å². The monoisotopic (exact) mass is 275 g/mol. The lowest BCUT2D eigenvalue weighted by Crippen LogP contribution is -2.10. The Kier molecular flexibility index (Phi) is 5.28. The Morgan fingerprint density at radius 3 is 2.65 bits per heavy atom. The van der Waals surface area contributed by atoms with Gasteiger partial charge in [-0.1, -0.05) is 31.4 Å². The number of unbranched alkanes of at least 4 members (excludes halogenated alkanes) is 2. The van der Waals surface area contributed by atoms with E-state index in [0.29, 0.717) is 22.7 Å². The van der Waals surface area contributed by atoms with Gasteiger partial charge in [0, 0.05) is 10.7 Å². The van der Waals surface area contributed by atoms with E-state index in [-0.39, 0.29) is 11.5 Å². The van der Waals surface area contributed by atoms with Gasteiger partial charge >= 0.3 is 0 Å². The number of nitrogens with two attached hydrogens (primary N) is 1. The second-order valence-corrected chi connectivity index (χ2v) is 6.76. The summed E-state index contributed by atoms with van der Waals surface area (Å²) < 4.78 is 23.7. The first kappa shape index (κ1) is 14.3. The molecule has 0 aliphatic heterocycles. The van der Waals surface area contributed by atoms with Gasteiger partial charge in [-0.05, 0) is 30.2 Å². The minimum atomic E-state index is -3.08. The molecule has 0 heterocycles. The van der Waals surface area contributed by atoms with Crippen LogP contribution < -0.4 is 5.73 Å². The maximum atomic E-state index is 11.8. The molecule has 96 valence electrons. The Labute approximate surface area is 108 Å². The highest BCUT2D eigenvalue weighted by molar-refractivity contribution is 7.90. The van der Waals surface area contributed by atoms with Crippen molar-refractivity contribution >= 4 is 27.1 Å². The average Bonchev–Trinajstić information content (AvgIpc) is 2.23. The number of rotatable bonds is 6. The predicted octanol–water partition coefficient (Wildman–Crippen LogP) is 3.03. The van der Waals surface area contributed by atoms with Gasteiger partial charge in [0.25, 0.3) is 0 Å². The number of anilines is 1. The fraction of sp³-hybridized carbons (Fsp3) is 0.500. The van der Waals surface area contributed by atoms with Crippen molar-refractivity contribution in [2.45, 2.75) is 31.9 Å². The van der Waals surface area contributed by atoms with Gasteiger partial charge in [0.2, 0.25) is 0 Å². The van der Waals surface area contributed by atoms with Crippen molar-refractivity contribution in [1.82, 2.24) is 0 Å². The number of hydrogen-bond acceptors (Lipinski definition) is 3.